The topological polar surface area (TPSA) is 17.5 Å². The van der Waals surface area contributed by atoms with Gasteiger partial charge in [0.05, 0.1) is 26.2 Å². The van der Waals surface area contributed by atoms with Crippen LogP contribution in [-0.2, 0) is 13.7 Å². The van der Waals surface area contributed by atoms with Crippen molar-refractivity contribution in [3.05, 3.63) is 47.5 Å². The zero-order chi connectivity index (χ0) is 13.9. The van der Waals surface area contributed by atoms with Gasteiger partial charge in [-0.1, -0.05) is 18.2 Å². The molecule has 5 heteroatoms. The average molecular weight is 289 g/mol. The lowest BCUT2D eigenvalue weighted by Gasteiger charge is -2.33. The highest BCUT2D eigenvalue weighted by Gasteiger charge is 2.20. The number of nitrogens with one attached hydrogen (secondary N) is 1. The predicted octanol–water partition coefficient (Wildman–Crippen LogP) is 0.919. The predicted molar refractivity (Wildman–Crippen MR) is 83.6 cm³/mol. The molecule has 1 N–H and O–H groups in total. The smallest absolute Gasteiger partial charge is 0.183 e. The van der Waals surface area contributed by atoms with Crippen molar-refractivity contribution in [2.24, 2.45) is 7.05 Å². The molecule has 0 bridgehead atoms. The zero-order valence-electron chi connectivity index (χ0n) is 11.8. The summed E-state index contributed by atoms with van der Waals surface area (Å²) in [5.41, 5.74) is 1.34. The SMILES string of the molecule is Cn1ccn(C[NH+]2CCN(c3ccccc3)CC2)c1=S. The van der Waals surface area contributed by atoms with E-state index in [4.69, 9.17) is 12.2 Å². The summed E-state index contributed by atoms with van der Waals surface area (Å²) in [6, 6.07) is 10.7. The van der Waals surface area contributed by atoms with E-state index in [1.165, 1.54) is 5.69 Å². The summed E-state index contributed by atoms with van der Waals surface area (Å²) < 4.78 is 5.07. The second-order valence-corrected chi connectivity index (χ2v) is 5.76. The Hall–Kier alpha value is -1.59. The van der Waals surface area contributed by atoms with Crippen molar-refractivity contribution in [1.82, 2.24) is 9.13 Å². The third-order valence-corrected chi connectivity index (χ3v) is 4.53. The molecular formula is C15H21N4S+. The highest BCUT2D eigenvalue weighted by molar-refractivity contribution is 7.71. The molecule has 0 saturated carbocycles. The molecule has 1 aromatic heterocycles. The number of anilines is 1. The Labute approximate surface area is 124 Å². The molecule has 1 saturated heterocycles. The Kier molecular flexibility index (Phi) is 3.89. The molecule has 0 radical (unpaired) electrons. The van der Waals surface area contributed by atoms with Gasteiger partial charge in [-0.2, -0.15) is 0 Å². The largest absolute Gasteiger partial charge is 0.360 e. The van der Waals surface area contributed by atoms with Crippen LogP contribution >= 0.6 is 12.2 Å². The zero-order valence-corrected chi connectivity index (χ0v) is 12.6. The Balaban J connectivity index is 1.59. The normalized spacial score (nSPS) is 16.6. The van der Waals surface area contributed by atoms with Gasteiger partial charge in [0, 0.05) is 25.1 Å². The number of hydrogen-bond acceptors (Lipinski definition) is 2. The fourth-order valence-electron chi connectivity index (χ4n) is 2.75. The Morgan fingerprint density at radius 3 is 2.40 bits per heavy atom. The van der Waals surface area contributed by atoms with Gasteiger partial charge >= 0.3 is 0 Å². The number of quaternary nitrogens is 1. The van der Waals surface area contributed by atoms with Gasteiger partial charge < -0.3 is 14.4 Å². The Morgan fingerprint density at radius 2 is 1.80 bits per heavy atom. The summed E-state index contributed by atoms with van der Waals surface area (Å²) in [6.45, 7) is 5.51. The minimum Gasteiger partial charge on any atom is -0.360 e. The number of imidazole rings is 1. The van der Waals surface area contributed by atoms with E-state index in [0.29, 0.717) is 0 Å². The fourth-order valence-corrected chi connectivity index (χ4v) is 2.94. The second-order valence-electron chi connectivity index (χ2n) is 5.39. The molecule has 0 atom stereocenters. The highest BCUT2D eigenvalue weighted by Crippen LogP contribution is 2.12. The van der Waals surface area contributed by atoms with Crippen LogP contribution in [0.3, 0.4) is 0 Å². The summed E-state index contributed by atoms with van der Waals surface area (Å²) in [4.78, 5) is 4.06. The molecule has 3 rings (SSSR count). The molecular weight excluding hydrogens is 268 g/mol. The van der Waals surface area contributed by atoms with E-state index >= 15 is 0 Å². The quantitative estimate of drug-likeness (QED) is 0.847. The monoisotopic (exact) mass is 289 g/mol. The standard InChI is InChI=1S/C15H20N4S/c1-16-7-10-19(15(16)20)13-17-8-11-18(12-9-17)14-5-3-2-4-6-14/h2-7,10H,8-9,11-13H2,1H3/p+1. The van der Waals surface area contributed by atoms with E-state index in [-0.39, 0.29) is 0 Å². The lowest BCUT2D eigenvalue weighted by atomic mass is 10.2. The molecule has 0 spiro atoms. The van der Waals surface area contributed by atoms with E-state index in [9.17, 15) is 0 Å². The van der Waals surface area contributed by atoms with Crippen molar-refractivity contribution in [3.63, 3.8) is 0 Å². The van der Waals surface area contributed by atoms with Crippen LogP contribution < -0.4 is 9.80 Å². The molecule has 1 aliphatic heterocycles. The molecule has 1 fully saturated rings. The molecule has 4 nitrogen and oxygen atoms in total. The highest BCUT2D eigenvalue weighted by atomic mass is 32.1. The number of nitrogens with zero attached hydrogens (tertiary/aromatic N) is 3. The fraction of sp³-hybridized carbons (Fsp3) is 0.400. The van der Waals surface area contributed by atoms with Gasteiger partial charge in [-0.15, -0.1) is 0 Å². The Bertz CT molecular complexity index is 608. The van der Waals surface area contributed by atoms with Gasteiger partial charge in [-0.3, -0.25) is 4.57 Å². The minimum absolute atomic E-state index is 0.906. The molecule has 20 heavy (non-hydrogen) atoms. The van der Waals surface area contributed by atoms with Gasteiger partial charge in [-0.05, 0) is 24.4 Å². The summed E-state index contributed by atoms with van der Waals surface area (Å²) in [7, 11) is 2.00. The molecule has 0 unspecified atom stereocenters. The van der Waals surface area contributed by atoms with Gasteiger partial charge in [0.15, 0.2) is 11.4 Å². The van der Waals surface area contributed by atoms with Crippen molar-refractivity contribution in [2.45, 2.75) is 6.67 Å². The lowest BCUT2D eigenvalue weighted by molar-refractivity contribution is -0.923. The van der Waals surface area contributed by atoms with Crippen molar-refractivity contribution < 1.29 is 4.90 Å². The van der Waals surface area contributed by atoms with Gasteiger partial charge in [0.1, 0.15) is 0 Å². The number of aromatic nitrogens is 2. The van der Waals surface area contributed by atoms with E-state index in [2.05, 4.69) is 46.0 Å². The maximum absolute atomic E-state index is 5.40. The number of piperazine rings is 1. The van der Waals surface area contributed by atoms with E-state index in [1.807, 2.05) is 17.8 Å². The van der Waals surface area contributed by atoms with Crippen molar-refractivity contribution in [3.8, 4) is 0 Å². The number of aryl methyl sites for hydroxylation is 1. The summed E-state index contributed by atoms with van der Waals surface area (Å²) in [5, 5.41) is 0. The van der Waals surface area contributed by atoms with Crippen LogP contribution in [-0.4, -0.2) is 35.3 Å². The van der Waals surface area contributed by atoms with Gasteiger partial charge in [-0.25, -0.2) is 0 Å². The van der Waals surface area contributed by atoms with Crippen LogP contribution in [0.5, 0.6) is 0 Å². The second kappa shape index (κ2) is 5.81. The van der Waals surface area contributed by atoms with Crippen LogP contribution in [0, 0.1) is 4.77 Å². The van der Waals surface area contributed by atoms with Crippen LogP contribution in [0.25, 0.3) is 0 Å². The van der Waals surface area contributed by atoms with E-state index < -0.39 is 0 Å². The average Bonchev–Trinajstić information content (AvgIpc) is 2.81. The molecule has 106 valence electrons. The summed E-state index contributed by atoms with van der Waals surface area (Å²) in [6.07, 6.45) is 4.11. The summed E-state index contributed by atoms with van der Waals surface area (Å²) >= 11 is 5.40. The molecule has 0 aliphatic carbocycles. The van der Waals surface area contributed by atoms with Crippen LogP contribution in [0.4, 0.5) is 5.69 Å². The molecule has 1 aromatic carbocycles. The maximum atomic E-state index is 5.40. The van der Waals surface area contributed by atoms with Gasteiger partial charge in [0.25, 0.3) is 0 Å². The molecule has 2 aromatic rings. The van der Waals surface area contributed by atoms with Crippen LogP contribution in [0.1, 0.15) is 0 Å². The van der Waals surface area contributed by atoms with E-state index in [1.54, 1.807) is 4.90 Å². The first-order valence-electron chi connectivity index (χ1n) is 7.09. The number of hydrogen-bond donors (Lipinski definition) is 1. The summed E-state index contributed by atoms with van der Waals surface area (Å²) in [5.74, 6) is 0. The number of para-hydroxylation sites is 1. The van der Waals surface area contributed by atoms with Crippen molar-refractivity contribution in [2.75, 3.05) is 31.1 Å². The first kappa shape index (κ1) is 13.4. The number of benzene rings is 1. The Morgan fingerprint density at radius 1 is 1.10 bits per heavy atom. The molecule has 0 amide bonds. The molecule has 1 aliphatic rings. The van der Waals surface area contributed by atoms with E-state index in [0.717, 1.165) is 37.6 Å². The van der Waals surface area contributed by atoms with Crippen molar-refractivity contribution in [1.29, 1.82) is 0 Å². The van der Waals surface area contributed by atoms with Crippen LogP contribution in [0.15, 0.2) is 42.7 Å². The third-order valence-electron chi connectivity index (χ3n) is 4.00. The van der Waals surface area contributed by atoms with Crippen LogP contribution in [0.2, 0.25) is 0 Å². The first-order chi connectivity index (χ1) is 9.74. The third kappa shape index (κ3) is 2.78. The van der Waals surface area contributed by atoms with Crippen molar-refractivity contribution >= 4 is 17.9 Å². The number of rotatable bonds is 3. The lowest BCUT2D eigenvalue weighted by Crippen LogP contribution is -3.14. The minimum atomic E-state index is 0.906. The first-order valence-corrected chi connectivity index (χ1v) is 7.50. The molecule has 2 heterocycles. The van der Waals surface area contributed by atoms with Gasteiger partial charge in [0.2, 0.25) is 0 Å². The maximum Gasteiger partial charge on any atom is 0.183 e.